The quantitative estimate of drug-likeness (QED) is 0.154. The van der Waals surface area contributed by atoms with Gasteiger partial charge in [0, 0.05) is 29.0 Å². The number of fused-ring (bicyclic) bond motifs is 6. The van der Waals surface area contributed by atoms with Gasteiger partial charge in [-0.3, -0.25) is 0 Å². The van der Waals surface area contributed by atoms with Gasteiger partial charge in [-0.25, -0.2) is 0 Å². The van der Waals surface area contributed by atoms with E-state index >= 15 is 0 Å². The van der Waals surface area contributed by atoms with Crippen LogP contribution in [0.1, 0.15) is 47.2 Å². The Morgan fingerprint density at radius 3 is 1.68 bits per heavy atom. The topological polar surface area (TPSA) is 3.24 Å². The van der Waals surface area contributed by atoms with Crippen molar-refractivity contribution in [3.05, 3.63) is 227 Å². The molecule has 53 heavy (non-hydrogen) atoms. The minimum atomic E-state index is -0.271. The van der Waals surface area contributed by atoms with E-state index in [-0.39, 0.29) is 10.8 Å². The van der Waals surface area contributed by atoms with Crippen LogP contribution in [0.5, 0.6) is 0 Å². The van der Waals surface area contributed by atoms with Crippen molar-refractivity contribution in [2.45, 2.75) is 43.9 Å². The fraction of sp³-hybridized carbons (Fsp3) is 0.154. The Hall–Kier alpha value is -5.92. The van der Waals surface area contributed by atoms with E-state index in [1.807, 2.05) is 0 Å². The first-order valence-corrected chi connectivity index (χ1v) is 19.0. The summed E-state index contributed by atoms with van der Waals surface area (Å²) in [6.07, 6.45) is 9.98. The molecule has 0 fully saturated rings. The van der Waals surface area contributed by atoms with Crippen LogP contribution >= 0.6 is 0 Å². The molecule has 1 heterocycles. The number of anilines is 1. The van der Waals surface area contributed by atoms with Gasteiger partial charge in [-0.15, -0.1) is 0 Å². The van der Waals surface area contributed by atoms with Gasteiger partial charge >= 0.3 is 0 Å². The van der Waals surface area contributed by atoms with Crippen LogP contribution in [-0.4, -0.2) is 7.05 Å². The number of allylic oxidation sites excluding steroid dienone is 6. The molecule has 7 aromatic rings. The molecule has 0 aromatic heterocycles. The molecular formula is C52H45N. The van der Waals surface area contributed by atoms with Crippen LogP contribution in [0.25, 0.3) is 27.1 Å². The molecule has 1 aliphatic heterocycles. The molecule has 9 rings (SSSR count). The largest absolute Gasteiger partial charge is 0.347 e. The molecule has 0 N–H and O–H groups in total. The molecule has 1 unspecified atom stereocenters. The van der Waals surface area contributed by atoms with Gasteiger partial charge < -0.3 is 4.90 Å². The molecule has 0 saturated heterocycles. The van der Waals surface area contributed by atoms with E-state index in [9.17, 15) is 0 Å². The van der Waals surface area contributed by atoms with Gasteiger partial charge in [-0.1, -0.05) is 183 Å². The predicted molar refractivity (Wildman–Crippen MR) is 226 cm³/mol. The highest BCUT2D eigenvalue weighted by Crippen LogP contribution is 2.54. The summed E-state index contributed by atoms with van der Waals surface area (Å²) in [5, 5.41) is 5.23. The maximum atomic E-state index is 2.50. The zero-order valence-corrected chi connectivity index (χ0v) is 30.9. The van der Waals surface area contributed by atoms with Crippen LogP contribution in [0.2, 0.25) is 0 Å². The molecule has 0 bridgehead atoms. The lowest BCUT2D eigenvalue weighted by Gasteiger charge is -2.34. The summed E-state index contributed by atoms with van der Waals surface area (Å²) >= 11 is 0. The first-order chi connectivity index (χ1) is 26.0. The lowest BCUT2D eigenvalue weighted by molar-refractivity contribution is 0.507. The number of hydrogen-bond acceptors (Lipinski definition) is 1. The Morgan fingerprint density at radius 1 is 0.547 bits per heavy atom. The molecule has 1 heteroatoms. The Morgan fingerprint density at radius 2 is 1.06 bits per heavy atom. The molecule has 0 saturated carbocycles. The molecule has 0 spiro atoms. The highest BCUT2D eigenvalue weighted by molar-refractivity contribution is 6.00. The van der Waals surface area contributed by atoms with Crippen LogP contribution in [0.3, 0.4) is 0 Å². The van der Waals surface area contributed by atoms with E-state index in [1.165, 1.54) is 77.5 Å². The van der Waals surface area contributed by atoms with Crippen LogP contribution in [0.15, 0.2) is 193 Å². The zero-order valence-electron chi connectivity index (χ0n) is 30.9. The van der Waals surface area contributed by atoms with E-state index in [0.717, 1.165) is 19.3 Å². The maximum Gasteiger partial charge on any atom is 0.0528 e. The second-order valence-corrected chi connectivity index (χ2v) is 15.3. The molecule has 7 aromatic carbocycles. The second-order valence-electron chi connectivity index (χ2n) is 15.3. The standard InChI is InChI=1S/C52H45N/c1-37-43-32-30-41-24-13-15-26-44(41)49(43)51(2,34-38-18-7-4-8-19-38)46(37)28-17-29-48-52(35-39-20-9-5-10-21-39,36-40-22-11-6-12-23-40)47-33-31-42-25-14-16-27-45(42)50(47)53(48)3/h4-33H,34-36H2,1-3H3/b28-17+,48-29+. The Balaban J connectivity index is 1.23. The molecule has 0 radical (unpaired) electrons. The van der Waals surface area contributed by atoms with E-state index in [2.05, 4.69) is 208 Å². The third-order valence-corrected chi connectivity index (χ3v) is 12.1. The highest BCUT2D eigenvalue weighted by atomic mass is 15.2. The molecular weight excluding hydrogens is 639 g/mol. The van der Waals surface area contributed by atoms with E-state index in [4.69, 9.17) is 0 Å². The van der Waals surface area contributed by atoms with Gasteiger partial charge in [0.2, 0.25) is 0 Å². The highest BCUT2D eigenvalue weighted by Gasteiger charge is 2.47. The summed E-state index contributed by atoms with van der Waals surface area (Å²) < 4.78 is 0. The Bertz CT molecular complexity index is 2510. The van der Waals surface area contributed by atoms with E-state index < -0.39 is 0 Å². The van der Waals surface area contributed by atoms with Crippen molar-refractivity contribution in [1.82, 2.24) is 0 Å². The number of likely N-dealkylation sites (N-methyl/N-ethyl adjacent to an activating group) is 1. The van der Waals surface area contributed by atoms with Crippen molar-refractivity contribution in [3.8, 4) is 0 Å². The van der Waals surface area contributed by atoms with Crippen molar-refractivity contribution in [2.75, 3.05) is 11.9 Å². The average molecular weight is 684 g/mol. The van der Waals surface area contributed by atoms with Gasteiger partial charge in [-0.2, -0.15) is 0 Å². The monoisotopic (exact) mass is 683 g/mol. The number of rotatable bonds is 8. The summed E-state index contributed by atoms with van der Waals surface area (Å²) in [4.78, 5) is 2.50. The smallest absolute Gasteiger partial charge is 0.0528 e. The first-order valence-electron chi connectivity index (χ1n) is 19.0. The third-order valence-electron chi connectivity index (χ3n) is 12.1. The van der Waals surface area contributed by atoms with E-state index in [0.29, 0.717) is 0 Å². The molecule has 1 atom stereocenters. The van der Waals surface area contributed by atoms with Crippen LogP contribution in [0, 0.1) is 0 Å². The first kappa shape index (κ1) is 33.0. The minimum Gasteiger partial charge on any atom is -0.347 e. The minimum absolute atomic E-state index is 0.192. The molecule has 258 valence electrons. The summed E-state index contributed by atoms with van der Waals surface area (Å²) in [5.74, 6) is 0. The maximum absolute atomic E-state index is 2.50. The second kappa shape index (κ2) is 13.2. The van der Waals surface area contributed by atoms with Crippen molar-refractivity contribution in [2.24, 2.45) is 0 Å². The van der Waals surface area contributed by atoms with Gasteiger partial charge in [0.05, 0.1) is 5.69 Å². The summed E-state index contributed by atoms with van der Waals surface area (Å²) in [6.45, 7) is 4.79. The van der Waals surface area contributed by atoms with Crippen LogP contribution in [0.4, 0.5) is 5.69 Å². The molecule has 0 amide bonds. The van der Waals surface area contributed by atoms with Crippen molar-refractivity contribution in [3.63, 3.8) is 0 Å². The molecule has 1 aliphatic carbocycles. The lowest BCUT2D eigenvalue weighted by atomic mass is 9.70. The number of nitrogens with zero attached hydrogens (tertiary/aromatic N) is 1. The Labute approximate surface area is 314 Å². The van der Waals surface area contributed by atoms with E-state index in [1.54, 1.807) is 0 Å². The number of benzene rings is 7. The van der Waals surface area contributed by atoms with Crippen LogP contribution < -0.4 is 4.90 Å². The number of hydrogen-bond donors (Lipinski definition) is 0. The Kier molecular flexibility index (Phi) is 8.24. The van der Waals surface area contributed by atoms with Crippen LogP contribution in [-0.2, 0) is 30.1 Å². The summed E-state index contributed by atoms with van der Waals surface area (Å²) in [7, 11) is 2.28. The average Bonchev–Trinajstić information content (AvgIpc) is 3.55. The summed E-state index contributed by atoms with van der Waals surface area (Å²) in [6, 6.07) is 60.3. The van der Waals surface area contributed by atoms with Crippen molar-refractivity contribution >= 4 is 32.8 Å². The summed E-state index contributed by atoms with van der Waals surface area (Å²) in [5.41, 5.74) is 13.2. The third kappa shape index (κ3) is 5.54. The SMILES string of the molecule is CC1=C(/C=C/C=C2/N(C)c3c(ccc4ccccc34)C2(Cc2ccccc2)Cc2ccccc2)C(C)(Cc2ccccc2)c2c1ccc1ccccc21. The van der Waals surface area contributed by atoms with Gasteiger partial charge in [0.15, 0.2) is 0 Å². The lowest BCUT2D eigenvalue weighted by Crippen LogP contribution is -2.34. The van der Waals surface area contributed by atoms with Crippen molar-refractivity contribution < 1.29 is 0 Å². The molecule has 2 aliphatic rings. The normalized spacial score (nSPS) is 18.4. The predicted octanol–water partition coefficient (Wildman–Crippen LogP) is 12.6. The fourth-order valence-corrected chi connectivity index (χ4v) is 9.78. The van der Waals surface area contributed by atoms with Gasteiger partial charge in [0.1, 0.15) is 0 Å². The molecule has 1 nitrogen and oxygen atoms in total. The zero-order chi connectivity index (χ0) is 36.0. The fourth-order valence-electron chi connectivity index (χ4n) is 9.78. The van der Waals surface area contributed by atoms with Gasteiger partial charge in [-0.05, 0) is 92.9 Å². The van der Waals surface area contributed by atoms with Gasteiger partial charge in [0.25, 0.3) is 0 Å². The van der Waals surface area contributed by atoms with Crippen molar-refractivity contribution in [1.29, 1.82) is 0 Å².